The van der Waals surface area contributed by atoms with Gasteiger partial charge in [-0.3, -0.25) is 13.7 Å². The lowest BCUT2D eigenvalue weighted by atomic mass is 9.99. The molecule has 5 nitrogen and oxygen atoms in total. The molecular formula is C66H39N5S2. The Balaban J connectivity index is 1.13. The maximum absolute atomic E-state index is 6.16. The van der Waals surface area contributed by atoms with E-state index in [1.807, 2.05) is 22.7 Å². The van der Waals surface area contributed by atoms with Crippen LogP contribution in [0, 0.1) is 0 Å². The predicted octanol–water partition coefficient (Wildman–Crippen LogP) is 18.7. The Morgan fingerprint density at radius 2 is 0.890 bits per heavy atom. The summed E-state index contributed by atoms with van der Waals surface area (Å²) in [4.78, 5) is 12.2. The lowest BCUT2D eigenvalue weighted by molar-refractivity contribution is 0.942. The van der Waals surface area contributed by atoms with Crippen molar-refractivity contribution in [2.45, 2.75) is 12.8 Å². The number of thiophene rings is 2. The summed E-state index contributed by atoms with van der Waals surface area (Å²) < 4.78 is 12.4. The van der Waals surface area contributed by atoms with Crippen LogP contribution in [0.4, 0.5) is 0 Å². The topological polar surface area (TPSA) is 40.6 Å². The second-order valence-electron chi connectivity index (χ2n) is 19.5. The van der Waals surface area contributed by atoms with Gasteiger partial charge in [-0.1, -0.05) is 170 Å². The van der Waals surface area contributed by atoms with Crippen molar-refractivity contribution in [2.75, 3.05) is 0 Å². The van der Waals surface area contributed by atoms with Gasteiger partial charge in [-0.15, -0.1) is 22.7 Å². The number of hydrogen-bond acceptors (Lipinski definition) is 4. The molecule has 10 aromatic carbocycles. The van der Waals surface area contributed by atoms with Gasteiger partial charge in [0.2, 0.25) is 5.95 Å². The van der Waals surface area contributed by atoms with Crippen molar-refractivity contribution in [3.63, 3.8) is 0 Å². The minimum atomic E-state index is 0.640. The fraction of sp³-hybridized carbons (Fsp3) is 0.0303. The molecule has 6 aromatic heterocycles. The molecule has 0 fully saturated rings. The average molecular weight is 966 g/mol. The first-order valence-corrected chi connectivity index (χ1v) is 26.7. The Morgan fingerprint density at radius 3 is 1.49 bits per heavy atom. The van der Waals surface area contributed by atoms with Crippen molar-refractivity contribution in [1.82, 2.24) is 23.7 Å². The maximum Gasteiger partial charge on any atom is 0.238 e. The molecule has 17 rings (SSSR count). The van der Waals surface area contributed by atoms with Gasteiger partial charge < -0.3 is 0 Å². The van der Waals surface area contributed by atoms with Gasteiger partial charge in [0.15, 0.2) is 11.5 Å². The van der Waals surface area contributed by atoms with E-state index in [-0.39, 0.29) is 0 Å². The third kappa shape index (κ3) is 5.34. The van der Waals surface area contributed by atoms with Gasteiger partial charge >= 0.3 is 0 Å². The summed E-state index contributed by atoms with van der Waals surface area (Å²) in [5.41, 5.74) is 10.0. The molecule has 0 amide bonds. The standard InChI is InChI=1S/C66H39N5S2/c1-3-19-38(20-4-1)39-35-36-52-49(37-39)59-64(69(52)40-21-5-2-6-22-40)67-66(71-51-32-16-12-28-46(51)56-42-24-8-10-26-44(42)58-48-30-14-18-34-54(48)73-63(58)61(56)71)68-65(59)70-50-31-15-11-27-45(50)55-41-23-7-9-25-43(41)57-47-29-13-17-33-53(47)72-62(57)60(55)70/h1-5,7-21,23-37H,6,22H2. The van der Waals surface area contributed by atoms with E-state index in [0.29, 0.717) is 5.95 Å². The molecule has 0 spiro atoms. The predicted molar refractivity (Wildman–Crippen MR) is 313 cm³/mol. The van der Waals surface area contributed by atoms with Gasteiger partial charge in [0.05, 0.1) is 42.4 Å². The highest BCUT2D eigenvalue weighted by atomic mass is 32.1. The summed E-state index contributed by atoms with van der Waals surface area (Å²) in [6.07, 6.45) is 8.61. The zero-order valence-corrected chi connectivity index (χ0v) is 40.8. The fourth-order valence-electron chi connectivity index (χ4n) is 12.7. The van der Waals surface area contributed by atoms with Gasteiger partial charge in [-0.25, -0.2) is 0 Å². The van der Waals surface area contributed by atoms with Crippen LogP contribution in [-0.4, -0.2) is 23.7 Å². The average Bonchev–Trinajstić information content (AvgIpc) is 4.28. The molecule has 0 unspecified atom stereocenters. The van der Waals surface area contributed by atoms with Crippen LogP contribution in [0.15, 0.2) is 212 Å². The monoisotopic (exact) mass is 965 g/mol. The molecule has 0 atom stereocenters. The molecule has 340 valence electrons. The molecule has 0 bridgehead atoms. The largest absolute Gasteiger partial charge is 0.297 e. The number of rotatable bonds is 4. The number of aromatic nitrogens is 5. The van der Waals surface area contributed by atoms with Crippen LogP contribution in [0.1, 0.15) is 12.8 Å². The molecule has 1 aliphatic rings. The molecule has 73 heavy (non-hydrogen) atoms. The van der Waals surface area contributed by atoms with Crippen molar-refractivity contribution in [1.29, 1.82) is 0 Å². The Bertz CT molecular complexity index is 5150. The second-order valence-corrected chi connectivity index (χ2v) is 21.6. The van der Waals surface area contributed by atoms with Crippen molar-refractivity contribution in [2.24, 2.45) is 0 Å². The van der Waals surface area contributed by atoms with Gasteiger partial charge in [-0.05, 0) is 88.0 Å². The molecule has 16 aromatic rings. The quantitative estimate of drug-likeness (QED) is 0.176. The summed E-state index contributed by atoms with van der Waals surface area (Å²) in [5, 5.41) is 17.1. The third-order valence-corrected chi connectivity index (χ3v) is 18.0. The number of para-hydroxylation sites is 2. The van der Waals surface area contributed by atoms with E-state index in [0.717, 1.165) is 62.7 Å². The lowest BCUT2D eigenvalue weighted by Gasteiger charge is -2.16. The van der Waals surface area contributed by atoms with Crippen LogP contribution < -0.4 is 0 Å². The van der Waals surface area contributed by atoms with E-state index in [2.05, 4.69) is 226 Å². The van der Waals surface area contributed by atoms with E-state index in [9.17, 15) is 0 Å². The molecule has 0 radical (unpaired) electrons. The van der Waals surface area contributed by atoms with Crippen LogP contribution in [0.5, 0.6) is 0 Å². The van der Waals surface area contributed by atoms with Crippen molar-refractivity contribution >= 4 is 156 Å². The van der Waals surface area contributed by atoms with Gasteiger partial charge in [0, 0.05) is 63.6 Å². The van der Waals surface area contributed by atoms with E-state index in [1.54, 1.807) is 0 Å². The summed E-state index contributed by atoms with van der Waals surface area (Å²) in [5.74, 6) is 1.50. The van der Waals surface area contributed by atoms with Gasteiger partial charge in [-0.2, -0.15) is 9.97 Å². The highest BCUT2D eigenvalue weighted by molar-refractivity contribution is 7.27. The first kappa shape index (κ1) is 39.8. The molecule has 0 saturated heterocycles. The number of benzene rings is 10. The van der Waals surface area contributed by atoms with E-state index in [1.165, 1.54) is 100 Å². The summed E-state index contributed by atoms with van der Waals surface area (Å²) in [6, 6.07) is 71.5. The molecule has 0 N–H and O–H groups in total. The Kier molecular flexibility index (Phi) is 8.09. The second kappa shape index (κ2) is 14.8. The van der Waals surface area contributed by atoms with Crippen LogP contribution in [0.25, 0.3) is 156 Å². The number of nitrogens with zero attached hydrogens (tertiary/aromatic N) is 5. The van der Waals surface area contributed by atoms with E-state index in [4.69, 9.17) is 9.97 Å². The summed E-state index contributed by atoms with van der Waals surface area (Å²) in [7, 11) is 0. The van der Waals surface area contributed by atoms with Gasteiger partial charge in [0.1, 0.15) is 0 Å². The van der Waals surface area contributed by atoms with Crippen molar-refractivity contribution in [3.05, 3.63) is 212 Å². The SMILES string of the molecule is C1=CCCC(n2c3ccc(-c4ccccc4)cc3c3c(-n4c5ccccc5c5c6ccccc6c6c7ccccc7sc6c54)nc(-n4c5ccccc5c5c6ccccc6c6c7ccccc7sc6c54)nc32)=C1. The Morgan fingerprint density at radius 1 is 0.384 bits per heavy atom. The molecule has 6 heterocycles. The fourth-order valence-corrected chi connectivity index (χ4v) is 15.2. The Hall–Kier alpha value is -8.88. The van der Waals surface area contributed by atoms with Crippen molar-refractivity contribution < 1.29 is 0 Å². The molecule has 1 aliphatic carbocycles. The minimum absolute atomic E-state index is 0.640. The highest BCUT2D eigenvalue weighted by Crippen LogP contribution is 2.51. The smallest absolute Gasteiger partial charge is 0.238 e. The molecular weight excluding hydrogens is 927 g/mol. The van der Waals surface area contributed by atoms with Gasteiger partial charge in [0.25, 0.3) is 0 Å². The number of hydrogen-bond donors (Lipinski definition) is 0. The Labute approximate surface area is 425 Å². The zero-order valence-electron chi connectivity index (χ0n) is 39.2. The molecule has 0 saturated carbocycles. The minimum Gasteiger partial charge on any atom is -0.297 e. The van der Waals surface area contributed by atoms with E-state index >= 15 is 0 Å². The highest BCUT2D eigenvalue weighted by Gasteiger charge is 2.30. The lowest BCUT2D eigenvalue weighted by Crippen LogP contribution is -2.09. The summed E-state index contributed by atoms with van der Waals surface area (Å²) in [6.45, 7) is 0. The van der Waals surface area contributed by atoms with Crippen molar-refractivity contribution in [3.8, 4) is 22.9 Å². The molecule has 0 aliphatic heterocycles. The maximum atomic E-state index is 6.16. The first-order valence-electron chi connectivity index (χ1n) is 25.1. The zero-order chi connectivity index (χ0) is 47.5. The summed E-state index contributed by atoms with van der Waals surface area (Å²) >= 11 is 3.76. The number of allylic oxidation sites excluding steroid dienone is 4. The normalized spacial score (nSPS) is 13.4. The van der Waals surface area contributed by atoms with Crippen LogP contribution in [0.2, 0.25) is 0 Å². The van der Waals surface area contributed by atoms with E-state index < -0.39 is 0 Å². The number of fused-ring (bicyclic) bond motifs is 23. The third-order valence-electron chi connectivity index (χ3n) is 15.7. The van der Waals surface area contributed by atoms with Crippen LogP contribution >= 0.6 is 22.7 Å². The van der Waals surface area contributed by atoms with Crippen LogP contribution in [-0.2, 0) is 0 Å². The first-order chi connectivity index (χ1) is 36.3. The molecule has 7 heteroatoms. The van der Waals surface area contributed by atoms with Crippen LogP contribution in [0.3, 0.4) is 0 Å².